The molecule has 2 amide bonds. The molecule has 0 saturated carbocycles. The van der Waals surface area contributed by atoms with Gasteiger partial charge in [-0.05, 0) is 45.7 Å². The van der Waals surface area contributed by atoms with Crippen LogP contribution in [0.5, 0.6) is 5.75 Å². The number of aryl methyl sites for hydroxylation is 2. The van der Waals surface area contributed by atoms with Gasteiger partial charge in [0.15, 0.2) is 11.5 Å². The number of fused-ring (bicyclic) bond motifs is 1. The number of nitrogens with zero attached hydrogens (tertiary/aromatic N) is 3. The number of hydrogen-bond acceptors (Lipinski definition) is 9. The molecule has 3 heterocycles. The van der Waals surface area contributed by atoms with Crippen LogP contribution in [-0.4, -0.2) is 91.8 Å². The van der Waals surface area contributed by atoms with Crippen LogP contribution in [0.15, 0.2) is 27.6 Å². The molecule has 0 aliphatic carbocycles. The molecular weight excluding hydrogens is 540 g/mol. The summed E-state index contributed by atoms with van der Waals surface area (Å²) < 4.78 is 45.1. The number of benzene rings is 1. The fraction of sp³-hybridized carbons (Fsp3) is 0.593. The quantitative estimate of drug-likeness (QED) is 0.480. The first-order valence-electron chi connectivity index (χ1n) is 13.4. The van der Waals surface area contributed by atoms with E-state index in [1.807, 2.05) is 6.92 Å². The standard InChI is InChI=1S/C27H38N4O8S/c1-16-13-31(17(2)15-32)27(34)21-7-6-8-22(28-26(33)20-9-11-37-12-10-20)24(21)38-23(16)14-30(5)40(35,36)25-18(3)29-39-19(25)4/h6-8,16-17,20,23,32H,9-15H2,1-5H3,(H,28,33)/t16-,17-,23-/m1/s1. The number of likely N-dealkylation sites (N-methyl/N-ethyl adjacent to an activating group) is 1. The van der Waals surface area contributed by atoms with Gasteiger partial charge < -0.3 is 29.3 Å². The number of rotatable bonds is 8. The molecule has 12 nitrogen and oxygen atoms in total. The van der Waals surface area contributed by atoms with Gasteiger partial charge in [-0.25, -0.2) is 8.42 Å². The van der Waals surface area contributed by atoms with Gasteiger partial charge in [-0.2, -0.15) is 4.31 Å². The first-order chi connectivity index (χ1) is 18.9. The number of para-hydroxylation sites is 1. The van der Waals surface area contributed by atoms with Gasteiger partial charge in [-0.1, -0.05) is 18.1 Å². The lowest BCUT2D eigenvalue weighted by atomic mass is 9.98. The van der Waals surface area contributed by atoms with E-state index in [0.29, 0.717) is 31.7 Å². The summed E-state index contributed by atoms with van der Waals surface area (Å²) in [4.78, 5) is 28.3. The summed E-state index contributed by atoms with van der Waals surface area (Å²) in [6.07, 6.45) is 0.473. The van der Waals surface area contributed by atoms with Crippen molar-refractivity contribution in [3.63, 3.8) is 0 Å². The minimum absolute atomic E-state index is 0.00372. The molecule has 3 atom stereocenters. The Morgan fingerprint density at radius 2 is 1.98 bits per heavy atom. The number of hydrogen-bond donors (Lipinski definition) is 2. The van der Waals surface area contributed by atoms with Crippen molar-refractivity contribution in [2.75, 3.05) is 45.3 Å². The summed E-state index contributed by atoms with van der Waals surface area (Å²) in [6.45, 7) is 7.63. The van der Waals surface area contributed by atoms with Gasteiger partial charge in [0.25, 0.3) is 5.91 Å². The summed E-state index contributed by atoms with van der Waals surface area (Å²) in [5, 5.41) is 16.6. The minimum atomic E-state index is -3.97. The number of anilines is 1. The Kier molecular flexibility index (Phi) is 9.18. The Labute approximate surface area is 234 Å². The van der Waals surface area contributed by atoms with Crippen LogP contribution in [0.2, 0.25) is 0 Å². The Morgan fingerprint density at radius 3 is 2.60 bits per heavy atom. The second kappa shape index (κ2) is 12.2. The number of carbonyl (C=O) groups excluding carboxylic acids is 2. The van der Waals surface area contributed by atoms with Gasteiger partial charge in [-0.3, -0.25) is 9.59 Å². The molecule has 4 rings (SSSR count). The zero-order valence-corrected chi connectivity index (χ0v) is 24.4. The van der Waals surface area contributed by atoms with Crippen molar-refractivity contribution in [1.29, 1.82) is 0 Å². The highest BCUT2D eigenvalue weighted by Crippen LogP contribution is 2.36. The predicted octanol–water partition coefficient (Wildman–Crippen LogP) is 2.20. The Bertz CT molecular complexity index is 1320. The maximum Gasteiger partial charge on any atom is 0.258 e. The fourth-order valence-electron chi connectivity index (χ4n) is 5.10. The lowest BCUT2D eigenvalue weighted by Gasteiger charge is -2.38. The minimum Gasteiger partial charge on any atom is -0.486 e. The van der Waals surface area contributed by atoms with Gasteiger partial charge in [0.1, 0.15) is 16.7 Å². The second-order valence-electron chi connectivity index (χ2n) is 10.6. The number of nitrogens with one attached hydrogen (secondary N) is 1. The SMILES string of the molecule is Cc1noc(C)c1S(=O)(=O)N(C)C[C@H]1Oc2c(NC(=O)C3CCOCC3)cccc2C(=O)N([C@H](C)CO)C[C@H]1C. The average molecular weight is 579 g/mol. The van der Waals surface area contributed by atoms with Crippen molar-refractivity contribution >= 4 is 27.5 Å². The van der Waals surface area contributed by atoms with Crippen LogP contribution in [0.25, 0.3) is 0 Å². The van der Waals surface area contributed by atoms with E-state index in [0.717, 1.165) is 0 Å². The number of sulfonamides is 1. The first-order valence-corrected chi connectivity index (χ1v) is 14.9. The highest BCUT2D eigenvalue weighted by molar-refractivity contribution is 7.89. The van der Waals surface area contributed by atoms with Crippen LogP contribution >= 0.6 is 0 Å². The van der Waals surface area contributed by atoms with E-state index in [1.54, 1.807) is 43.9 Å². The second-order valence-corrected chi connectivity index (χ2v) is 12.6. The molecule has 0 unspecified atom stereocenters. The Balaban J connectivity index is 1.71. The Morgan fingerprint density at radius 1 is 1.27 bits per heavy atom. The molecule has 1 aromatic heterocycles. The maximum absolute atomic E-state index is 13.7. The monoisotopic (exact) mass is 578 g/mol. The highest BCUT2D eigenvalue weighted by atomic mass is 32.2. The van der Waals surface area contributed by atoms with Gasteiger partial charge in [0.05, 0.1) is 30.4 Å². The number of carbonyl (C=O) groups is 2. The highest BCUT2D eigenvalue weighted by Gasteiger charge is 2.37. The van der Waals surface area contributed by atoms with Gasteiger partial charge in [0.2, 0.25) is 15.9 Å². The smallest absolute Gasteiger partial charge is 0.258 e. The van der Waals surface area contributed by atoms with E-state index in [1.165, 1.54) is 11.4 Å². The summed E-state index contributed by atoms with van der Waals surface area (Å²) in [6, 6.07) is 4.44. The summed E-state index contributed by atoms with van der Waals surface area (Å²) in [5.74, 6) is -0.761. The van der Waals surface area contributed by atoms with Crippen LogP contribution < -0.4 is 10.1 Å². The number of aliphatic hydroxyl groups is 1. The van der Waals surface area contributed by atoms with E-state index in [9.17, 15) is 23.1 Å². The molecule has 2 aliphatic rings. The average Bonchev–Trinajstić information content (AvgIpc) is 3.29. The lowest BCUT2D eigenvalue weighted by molar-refractivity contribution is -0.122. The number of aromatic nitrogens is 1. The van der Waals surface area contributed by atoms with Gasteiger partial charge >= 0.3 is 0 Å². The molecule has 1 fully saturated rings. The zero-order valence-electron chi connectivity index (χ0n) is 23.5. The molecule has 0 spiro atoms. The number of aliphatic hydroxyl groups excluding tert-OH is 1. The molecule has 2 aromatic rings. The number of amides is 2. The van der Waals surface area contributed by atoms with E-state index in [2.05, 4.69) is 10.5 Å². The molecule has 1 aromatic carbocycles. The van der Waals surface area contributed by atoms with E-state index in [4.69, 9.17) is 14.0 Å². The molecule has 2 aliphatic heterocycles. The predicted molar refractivity (Wildman–Crippen MR) is 146 cm³/mol. The van der Waals surface area contributed by atoms with Crippen LogP contribution in [-0.2, 0) is 19.6 Å². The normalized spacial score (nSPS) is 21.4. The van der Waals surface area contributed by atoms with Crippen molar-refractivity contribution in [2.24, 2.45) is 11.8 Å². The summed E-state index contributed by atoms with van der Waals surface area (Å²) >= 11 is 0. The topological polar surface area (TPSA) is 152 Å². The molecule has 220 valence electrons. The van der Waals surface area contributed by atoms with Crippen LogP contribution in [0.4, 0.5) is 5.69 Å². The van der Waals surface area contributed by atoms with Gasteiger partial charge in [0, 0.05) is 38.6 Å². The van der Waals surface area contributed by atoms with Crippen molar-refractivity contribution in [1.82, 2.24) is 14.4 Å². The summed E-state index contributed by atoms with van der Waals surface area (Å²) in [5.41, 5.74) is 0.806. The Hall–Kier alpha value is -3.00. The molecule has 13 heteroatoms. The van der Waals surface area contributed by atoms with Crippen LogP contribution in [0, 0.1) is 25.7 Å². The fourth-order valence-corrected chi connectivity index (χ4v) is 6.57. The third-order valence-corrected chi connectivity index (χ3v) is 9.68. The van der Waals surface area contributed by atoms with Crippen LogP contribution in [0.3, 0.4) is 0 Å². The van der Waals surface area contributed by atoms with Crippen LogP contribution in [0.1, 0.15) is 48.5 Å². The van der Waals surface area contributed by atoms with Crippen molar-refractivity contribution in [3.8, 4) is 5.75 Å². The van der Waals surface area contributed by atoms with Crippen molar-refractivity contribution in [2.45, 2.75) is 57.6 Å². The molecular formula is C27H38N4O8S. The van der Waals surface area contributed by atoms with E-state index < -0.39 is 22.2 Å². The number of ether oxygens (including phenoxy) is 2. The largest absolute Gasteiger partial charge is 0.486 e. The molecule has 40 heavy (non-hydrogen) atoms. The lowest BCUT2D eigenvalue weighted by Crippen LogP contribution is -2.50. The van der Waals surface area contributed by atoms with E-state index >= 15 is 0 Å². The zero-order chi connectivity index (χ0) is 29.2. The third-order valence-electron chi connectivity index (χ3n) is 7.61. The maximum atomic E-state index is 13.7. The molecule has 2 N–H and O–H groups in total. The first kappa shape index (κ1) is 30.0. The third kappa shape index (κ3) is 6.02. The molecule has 1 saturated heterocycles. The van der Waals surface area contributed by atoms with Gasteiger partial charge in [-0.15, -0.1) is 0 Å². The van der Waals surface area contributed by atoms with Crippen molar-refractivity contribution in [3.05, 3.63) is 35.2 Å². The summed E-state index contributed by atoms with van der Waals surface area (Å²) in [7, 11) is -2.52. The molecule has 0 bridgehead atoms. The molecule has 0 radical (unpaired) electrons. The van der Waals surface area contributed by atoms with Crippen molar-refractivity contribution < 1.29 is 37.1 Å². The van der Waals surface area contributed by atoms with E-state index in [-0.39, 0.29) is 71.0 Å².